The number of amides is 3. The molecule has 8 nitrogen and oxygen atoms in total. The Balaban J connectivity index is 2.08. The third kappa shape index (κ3) is 6.52. The molecule has 0 aliphatic carbocycles. The lowest BCUT2D eigenvalue weighted by Gasteiger charge is -2.13. The van der Waals surface area contributed by atoms with Crippen LogP contribution in [0.5, 0.6) is 11.5 Å². The number of hydrazone groups is 1. The van der Waals surface area contributed by atoms with Crippen LogP contribution in [0.15, 0.2) is 47.6 Å². The number of primary amides is 1. The maximum absolute atomic E-state index is 12.0. The number of hydrogen-bond acceptors (Lipinski definition) is 5. The fourth-order valence-electron chi connectivity index (χ4n) is 2.06. The predicted molar refractivity (Wildman–Crippen MR) is 104 cm³/mol. The molecular weight excluding hydrogens is 372 g/mol. The van der Waals surface area contributed by atoms with Crippen LogP contribution in [0.25, 0.3) is 0 Å². The molecule has 0 radical (unpaired) electrons. The summed E-state index contributed by atoms with van der Waals surface area (Å²) in [5.41, 5.74) is 8.17. The average Bonchev–Trinajstić information content (AvgIpc) is 2.63. The molecule has 0 unspecified atom stereocenters. The summed E-state index contributed by atoms with van der Waals surface area (Å²) >= 11 is 6.19. The van der Waals surface area contributed by atoms with Gasteiger partial charge in [-0.15, -0.1) is 0 Å². The number of carbonyl (C=O) groups excluding carboxylic acids is 2. The lowest BCUT2D eigenvalue weighted by atomic mass is 10.2. The van der Waals surface area contributed by atoms with E-state index in [0.29, 0.717) is 34.4 Å². The lowest BCUT2D eigenvalue weighted by molar-refractivity contribution is -0.118. The molecule has 27 heavy (non-hydrogen) atoms. The summed E-state index contributed by atoms with van der Waals surface area (Å²) in [5, 5.41) is 6.67. The number of benzene rings is 2. The van der Waals surface area contributed by atoms with E-state index in [0.717, 1.165) is 0 Å². The van der Waals surface area contributed by atoms with Crippen molar-refractivity contribution in [1.29, 1.82) is 0 Å². The van der Waals surface area contributed by atoms with Crippen LogP contribution in [0.1, 0.15) is 12.5 Å². The fraction of sp³-hybridized carbons (Fsp3) is 0.167. The highest BCUT2D eigenvalue weighted by Crippen LogP contribution is 2.33. The van der Waals surface area contributed by atoms with Gasteiger partial charge in [-0.05, 0) is 25.1 Å². The number of nitrogens with zero attached hydrogens (tertiary/aromatic N) is 1. The third-order valence-corrected chi connectivity index (χ3v) is 3.48. The Kier molecular flexibility index (Phi) is 7.45. The van der Waals surface area contributed by atoms with Crippen LogP contribution in [-0.4, -0.2) is 31.4 Å². The molecule has 0 aliphatic rings. The molecule has 2 aromatic carbocycles. The number of carbonyl (C=O) groups is 2. The largest absolute Gasteiger partial charge is 0.490 e. The van der Waals surface area contributed by atoms with Gasteiger partial charge < -0.3 is 20.5 Å². The van der Waals surface area contributed by atoms with Crippen molar-refractivity contribution in [3.8, 4) is 11.5 Å². The number of hydrogen-bond donors (Lipinski definition) is 3. The SMILES string of the molecule is CCOc1cc(C=NNC(N)=O)c(Cl)cc1OCC(=O)Nc1ccccc1. The second-order valence-electron chi connectivity index (χ2n) is 5.19. The molecule has 142 valence electrons. The molecule has 2 rings (SSSR count). The van der Waals surface area contributed by atoms with E-state index in [4.69, 9.17) is 26.8 Å². The van der Waals surface area contributed by atoms with Crippen LogP contribution in [0, 0.1) is 0 Å². The van der Waals surface area contributed by atoms with E-state index in [1.807, 2.05) is 25.1 Å². The zero-order valence-corrected chi connectivity index (χ0v) is 15.3. The number of urea groups is 1. The van der Waals surface area contributed by atoms with Crippen LogP contribution in [0.3, 0.4) is 0 Å². The van der Waals surface area contributed by atoms with E-state index in [9.17, 15) is 9.59 Å². The smallest absolute Gasteiger partial charge is 0.332 e. The average molecular weight is 391 g/mol. The van der Waals surface area contributed by atoms with Gasteiger partial charge in [0.25, 0.3) is 5.91 Å². The number of nitrogens with two attached hydrogens (primary N) is 1. The van der Waals surface area contributed by atoms with Crippen LogP contribution < -0.4 is 25.9 Å². The van der Waals surface area contributed by atoms with Crippen molar-refractivity contribution in [3.63, 3.8) is 0 Å². The van der Waals surface area contributed by atoms with Gasteiger partial charge >= 0.3 is 6.03 Å². The number of ether oxygens (including phenoxy) is 2. The zero-order valence-electron chi connectivity index (χ0n) is 14.6. The van der Waals surface area contributed by atoms with Crippen molar-refractivity contribution < 1.29 is 19.1 Å². The second kappa shape index (κ2) is 10.0. The Bertz CT molecular complexity index is 828. The van der Waals surface area contributed by atoms with Crippen LogP contribution in [0.4, 0.5) is 10.5 Å². The summed E-state index contributed by atoms with van der Waals surface area (Å²) in [6.45, 7) is 1.97. The molecule has 3 amide bonds. The molecule has 0 atom stereocenters. The monoisotopic (exact) mass is 390 g/mol. The Morgan fingerprint density at radius 2 is 1.89 bits per heavy atom. The van der Waals surface area contributed by atoms with E-state index < -0.39 is 6.03 Å². The van der Waals surface area contributed by atoms with E-state index in [1.165, 1.54) is 12.3 Å². The van der Waals surface area contributed by atoms with E-state index in [2.05, 4.69) is 15.8 Å². The van der Waals surface area contributed by atoms with Crippen molar-refractivity contribution >= 4 is 35.4 Å². The quantitative estimate of drug-likeness (QED) is 0.474. The minimum Gasteiger partial charge on any atom is -0.490 e. The number of para-hydroxylation sites is 1. The standard InChI is InChI=1S/C18H19ClN4O4/c1-2-26-15-8-12(10-21-23-18(20)25)14(19)9-16(15)27-11-17(24)22-13-6-4-3-5-7-13/h3-10H,2,11H2,1H3,(H,22,24)(H3,20,23,25). The molecule has 0 saturated carbocycles. The number of halogens is 1. The van der Waals surface area contributed by atoms with Crippen LogP contribution in [0.2, 0.25) is 5.02 Å². The zero-order chi connectivity index (χ0) is 19.6. The van der Waals surface area contributed by atoms with Gasteiger partial charge in [-0.2, -0.15) is 5.10 Å². The molecule has 0 heterocycles. The van der Waals surface area contributed by atoms with Crippen molar-refractivity contribution in [2.75, 3.05) is 18.5 Å². The highest BCUT2D eigenvalue weighted by Gasteiger charge is 2.12. The Hall–Kier alpha value is -3.26. The Labute approximate surface area is 161 Å². The van der Waals surface area contributed by atoms with Crippen molar-refractivity contribution in [3.05, 3.63) is 53.1 Å². The molecule has 2 aromatic rings. The molecule has 9 heteroatoms. The van der Waals surface area contributed by atoms with Gasteiger partial charge in [0, 0.05) is 17.3 Å². The highest BCUT2D eigenvalue weighted by molar-refractivity contribution is 6.33. The summed E-state index contributed by atoms with van der Waals surface area (Å²) in [6.07, 6.45) is 1.32. The highest BCUT2D eigenvalue weighted by atomic mass is 35.5. The minimum absolute atomic E-state index is 0.220. The van der Waals surface area contributed by atoms with Gasteiger partial charge in [0.15, 0.2) is 18.1 Å². The molecule has 0 saturated heterocycles. The molecule has 0 bridgehead atoms. The van der Waals surface area contributed by atoms with Crippen molar-refractivity contribution in [2.45, 2.75) is 6.92 Å². The van der Waals surface area contributed by atoms with Gasteiger partial charge in [0.2, 0.25) is 0 Å². The summed E-state index contributed by atoms with van der Waals surface area (Å²) in [5.74, 6) is 0.371. The summed E-state index contributed by atoms with van der Waals surface area (Å²) < 4.78 is 11.1. The van der Waals surface area contributed by atoms with Crippen LogP contribution in [-0.2, 0) is 4.79 Å². The normalized spacial score (nSPS) is 10.4. The predicted octanol–water partition coefficient (Wildman–Crippen LogP) is 2.76. The number of nitrogens with one attached hydrogen (secondary N) is 2. The Morgan fingerprint density at radius 1 is 1.19 bits per heavy atom. The maximum atomic E-state index is 12.0. The molecule has 0 spiro atoms. The van der Waals surface area contributed by atoms with E-state index >= 15 is 0 Å². The molecule has 0 aliphatic heterocycles. The first kappa shape index (κ1) is 20.1. The maximum Gasteiger partial charge on any atom is 0.332 e. The fourth-order valence-corrected chi connectivity index (χ4v) is 2.26. The van der Waals surface area contributed by atoms with Crippen molar-refractivity contribution in [2.24, 2.45) is 10.8 Å². The van der Waals surface area contributed by atoms with Crippen molar-refractivity contribution in [1.82, 2.24) is 5.43 Å². The van der Waals surface area contributed by atoms with Gasteiger partial charge in [-0.25, -0.2) is 10.2 Å². The summed E-state index contributed by atoms with van der Waals surface area (Å²) in [7, 11) is 0. The summed E-state index contributed by atoms with van der Waals surface area (Å²) in [6, 6.07) is 11.3. The first-order valence-corrected chi connectivity index (χ1v) is 8.40. The van der Waals surface area contributed by atoms with Gasteiger partial charge in [-0.1, -0.05) is 29.8 Å². The molecule has 0 fully saturated rings. The van der Waals surface area contributed by atoms with Gasteiger partial charge in [0.05, 0.1) is 17.8 Å². The number of anilines is 1. The Morgan fingerprint density at radius 3 is 2.56 bits per heavy atom. The van der Waals surface area contributed by atoms with E-state index in [-0.39, 0.29) is 12.5 Å². The molecule has 0 aromatic heterocycles. The first-order chi connectivity index (χ1) is 13.0. The van der Waals surface area contributed by atoms with Gasteiger partial charge in [-0.3, -0.25) is 4.79 Å². The van der Waals surface area contributed by atoms with E-state index in [1.54, 1.807) is 18.2 Å². The van der Waals surface area contributed by atoms with Gasteiger partial charge in [0.1, 0.15) is 0 Å². The number of rotatable bonds is 8. The second-order valence-corrected chi connectivity index (χ2v) is 5.60. The first-order valence-electron chi connectivity index (χ1n) is 8.02. The third-order valence-electron chi connectivity index (χ3n) is 3.16. The topological polar surface area (TPSA) is 115 Å². The minimum atomic E-state index is -0.795. The molecule has 4 N–H and O–H groups in total. The summed E-state index contributed by atoms with van der Waals surface area (Å²) in [4.78, 5) is 22.7. The molecular formula is C18H19ClN4O4. The van der Waals surface area contributed by atoms with Crippen LogP contribution >= 0.6 is 11.6 Å². The lowest BCUT2D eigenvalue weighted by Crippen LogP contribution is -2.24.